The molecule has 0 unspecified atom stereocenters. The fourth-order valence-electron chi connectivity index (χ4n) is 0.109. The number of alkyl halides is 1. The Hall–Kier alpha value is -0.370. The predicted molar refractivity (Wildman–Crippen MR) is 34.9 cm³/mol. The van der Waals surface area contributed by atoms with Crippen LogP contribution in [-0.4, -0.2) is 4.87 Å². The van der Waals surface area contributed by atoms with Crippen molar-refractivity contribution < 1.29 is 0 Å². The fraction of sp³-hybridized carbons (Fsp3) is 0.600. The highest BCUT2D eigenvalue weighted by atomic mass is 35.5. The summed E-state index contributed by atoms with van der Waals surface area (Å²) in [4.78, 5) is 9.02. The van der Waals surface area contributed by atoms with Gasteiger partial charge in [0.2, 0.25) is 0 Å². The van der Waals surface area contributed by atoms with E-state index in [4.69, 9.17) is 11.6 Å². The first-order valence-electron chi connectivity index (χ1n) is 2.20. The first-order chi connectivity index (χ1) is 3.48. The molecule has 0 heterocycles. The monoisotopic (exact) mass is 133 g/mol. The van der Waals surface area contributed by atoms with E-state index in [2.05, 4.69) is 11.8 Å². The molecule has 0 rings (SSSR count). The first-order valence-corrected chi connectivity index (χ1v) is 2.58. The topological polar surface area (TPSA) is 29.4 Å². The van der Waals surface area contributed by atoms with E-state index in [1.54, 1.807) is 13.8 Å². The molecule has 0 radical (unpaired) electrons. The number of halogens is 1. The lowest BCUT2D eigenvalue weighted by atomic mass is 10.1. The predicted octanol–water partition coefficient (Wildman–Crippen LogP) is 2.28. The second kappa shape index (κ2) is 2.27. The summed E-state index contributed by atoms with van der Waals surface area (Å²) in [5.41, 5.74) is 0.166. The molecule has 0 N–H and O–H groups in total. The van der Waals surface area contributed by atoms with Crippen molar-refractivity contribution in [2.24, 2.45) is 5.18 Å². The zero-order valence-electron chi connectivity index (χ0n) is 4.94. The summed E-state index contributed by atoms with van der Waals surface area (Å²) in [5, 5.41) is 2.58. The van der Waals surface area contributed by atoms with Gasteiger partial charge >= 0.3 is 0 Å². The summed E-state index contributed by atoms with van der Waals surface area (Å²) in [6.45, 7) is 6.66. The van der Waals surface area contributed by atoms with Gasteiger partial charge in [-0.05, 0) is 19.0 Å². The standard InChI is InChI=1S/C5H8ClNO/c1-4(7-8)5(2,3)6/h1H2,2-3H3. The molecule has 0 aliphatic heterocycles. The van der Waals surface area contributed by atoms with E-state index in [0.717, 1.165) is 0 Å². The van der Waals surface area contributed by atoms with Gasteiger partial charge < -0.3 is 0 Å². The van der Waals surface area contributed by atoms with Crippen molar-refractivity contribution in [1.82, 2.24) is 0 Å². The molecule has 0 aromatic heterocycles. The molecule has 46 valence electrons. The quantitative estimate of drug-likeness (QED) is 0.420. The molecule has 3 heteroatoms. The van der Waals surface area contributed by atoms with Crippen LogP contribution in [0.5, 0.6) is 0 Å². The van der Waals surface area contributed by atoms with Crippen molar-refractivity contribution in [2.75, 3.05) is 0 Å². The van der Waals surface area contributed by atoms with Gasteiger partial charge in [-0.25, -0.2) is 0 Å². The minimum Gasteiger partial charge on any atom is -0.145 e. The van der Waals surface area contributed by atoms with Gasteiger partial charge in [0, 0.05) is 0 Å². The van der Waals surface area contributed by atoms with Gasteiger partial charge in [-0.3, -0.25) is 0 Å². The normalized spacial score (nSPS) is 10.9. The van der Waals surface area contributed by atoms with Crippen LogP contribution in [0.3, 0.4) is 0 Å². The lowest BCUT2D eigenvalue weighted by molar-refractivity contribution is 0.807. The minimum absolute atomic E-state index is 0.166. The van der Waals surface area contributed by atoms with Gasteiger partial charge in [-0.2, -0.15) is 0 Å². The Bertz CT molecular complexity index is 114. The Morgan fingerprint density at radius 2 is 2.12 bits per heavy atom. The van der Waals surface area contributed by atoms with Gasteiger partial charge in [-0.1, -0.05) is 6.58 Å². The molecule has 2 nitrogen and oxygen atoms in total. The van der Waals surface area contributed by atoms with E-state index in [1.807, 2.05) is 0 Å². The second-order valence-electron chi connectivity index (χ2n) is 2.01. The molecule has 0 saturated heterocycles. The molecule has 0 aliphatic rings. The average Bonchev–Trinajstić information content (AvgIpc) is 1.62. The highest BCUT2D eigenvalue weighted by molar-refractivity contribution is 6.25. The van der Waals surface area contributed by atoms with E-state index in [1.165, 1.54) is 0 Å². The maximum absolute atomic E-state index is 9.72. The molecule has 0 aromatic rings. The maximum atomic E-state index is 9.72. The summed E-state index contributed by atoms with van der Waals surface area (Å²) in [6.07, 6.45) is 0. The molecule has 0 spiro atoms. The Morgan fingerprint density at radius 1 is 1.75 bits per heavy atom. The number of rotatable bonds is 2. The highest BCUT2D eigenvalue weighted by Crippen LogP contribution is 2.22. The lowest BCUT2D eigenvalue weighted by Gasteiger charge is -2.10. The van der Waals surface area contributed by atoms with Crippen LogP contribution in [0.1, 0.15) is 13.8 Å². The molecule has 0 aliphatic carbocycles. The summed E-state index contributed by atoms with van der Waals surface area (Å²) in [6, 6.07) is 0. The Labute approximate surface area is 53.5 Å². The van der Waals surface area contributed by atoms with Crippen molar-refractivity contribution in [3.8, 4) is 0 Å². The second-order valence-corrected chi connectivity index (χ2v) is 2.96. The summed E-state index contributed by atoms with van der Waals surface area (Å²) >= 11 is 5.59. The highest BCUT2D eigenvalue weighted by Gasteiger charge is 2.17. The molecule has 0 saturated carbocycles. The smallest absolute Gasteiger partial charge is 0.0981 e. The molecule has 8 heavy (non-hydrogen) atoms. The van der Waals surface area contributed by atoms with Gasteiger partial charge in [0.15, 0.2) is 0 Å². The summed E-state index contributed by atoms with van der Waals surface area (Å²) < 4.78 is 0. The summed E-state index contributed by atoms with van der Waals surface area (Å²) in [7, 11) is 0. The number of nitroso groups, excluding NO2 is 1. The molecule has 0 fully saturated rings. The molecule has 0 amide bonds. The van der Waals surface area contributed by atoms with Gasteiger partial charge in [0.1, 0.15) is 0 Å². The largest absolute Gasteiger partial charge is 0.145 e. The van der Waals surface area contributed by atoms with Crippen molar-refractivity contribution >= 4 is 11.6 Å². The summed E-state index contributed by atoms with van der Waals surface area (Å²) in [5.74, 6) is 0. The molecule has 0 atom stereocenters. The lowest BCUT2D eigenvalue weighted by Crippen LogP contribution is -2.10. The Morgan fingerprint density at radius 3 is 2.12 bits per heavy atom. The molecule has 0 bridgehead atoms. The van der Waals surface area contributed by atoms with E-state index >= 15 is 0 Å². The zero-order chi connectivity index (χ0) is 6.78. The van der Waals surface area contributed by atoms with Crippen LogP contribution in [0.15, 0.2) is 17.5 Å². The third-order valence-corrected chi connectivity index (χ3v) is 1.01. The number of allylic oxidation sites excluding steroid dienone is 1. The fourth-order valence-corrected chi connectivity index (χ4v) is 0.143. The van der Waals surface area contributed by atoms with E-state index in [9.17, 15) is 4.91 Å². The third-order valence-electron chi connectivity index (χ3n) is 0.796. The van der Waals surface area contributed by atoms with Crippen LogP contribution in [0.2, 0.25) is 0 Å². The van der Waals surface area contributed by atoms with Crippen LogP contribution in [-0.2, 0) is 0 Å². The van der Waals surface area contributed by atoms with Crippen molar-refractivity contribution in [3.63, 3.8) is 0 Å². The average molecular weight is 134 g/mol. The van der Waals surface area contributed by atoms with Crippen LogP contribution in [0.4, 0.5) is 0 Å². The van der Waals surface area contributed by atoms with E-state index < -0.39 is 4.87 Å². The van der Waals surface area contributed by atoms with Gasteiger partial charge in [0.25, 0.3) is 0 Å². The van der Waals surface area contributed by atoms with Crippen LogP contribution in [0.25, 0.3) is 0 Å². The number of nitrogens with zero attached hydrogens (tertiary/aromatic N) is 1. The van der Waals surface area contributed by atoms with Gasteiger partial charge in [-0.15, -0.1) is 16.5 Å². The molecule has 0 aromatic carbocycles. The van der Waals surface area contributed by atoms with Crippen molar-refractivity contribution in [3.05, 3.63) is 17.2 Å². The van der Waals surface area contributed by atoms with E-state index in [0.29, 0.717) is 0 Å². The van der Waals surface area contributed by atoms with Crippen LogP contribution in [0, 0.1) is 4.91 Å². The van der Waals surface area contributed by atoms with Crippen molar-refractivity contribution in [1.29, 1.82) is 0 Å². The molecular formula is C5H8ClNO. The maximum Gasteiger partial charge on any atom is 0.0981 e. The van der Waals surface area contributed by atoms with E-state index in [-0.39, 0.29) is 5.70 Å². The third kappa shape index (κ3) is 2.07. The van der Waals surface area contributed by atoms with Gasteiger partial charge in [0.05, 0.1) is 10.6 Å². The Balaban J connectivity index is 4.02. The van der Waals surface area contributed by atoms with Crippen molar-refractivity contribution in [2.45, 2.75) is 18.7 Å². The van der Waals surface area contributed by atoms with Crippen LogP contribution < -0.4 is 0 Å². The minimum atomic E-state index is -0.693. The molecular weight excluding hydrogens is 126 g/mol. The zero-order valence-corrected chi connectivity index (χ0v) is 5.70. The number of hydrogen-bond donors (Lipinski definition) is 0. The van der Waals surface area contributed by atoms with Crippen LogP contribution >= 0.6 is 11.6 Å². The number of hydrogen-bond acceptors (Lipinski definition) is 2. The first kappa shape index (κ1) is 7.63. The SMILES string of the molecule is C=C(N=O)C(C)(C)Cl. The Kier molecular flexibility index (Phi) is 2.16.